The first-order valence-electron chi connectivity index (χ1n) is 3.42. The van der Waals surface area contributed by atoms with Gasteiger partial charge < -0.3 is 11.1 Å². The van der Waals surface area contributed by atoms with Crippen LogP contribution in [0.15, 0.2) is 18.2 Å². The van der Waals surface area contributed by atoms with E-state index in [0.717, 1.165) is 5.69 Å². The number of anilines is 1. The molecule has 0 aliphatic carbocycles. The van der Waals surface area contributed by atoms with Crippen molar-refractivity contribution in [3.05, 3.63) is 28.8 Å². The molecule has 0 aromatic heterocycles. The molecule has 0 heterocycles. The first-order valence-corrected chi connectivity index (χ1v) is 4.21. The van der Waals surface area contributed by atoms with Gasteiger partial charge in [0.1, 0.15) is 4.99 Å². The minimum Gasteiger partial charge on any atom is -0.389 e. The van der Waals surface area contributed by atoms with E-state index in [1.54, 1.807) is 12.1 Å². The lowest BCUT2D eigenvalue weighted by molar-refractivity contribution is 1.50. The van der Waals surface area contributed by atoms with Gasteiger partial charge in [-0.1, -0.05) is 23.8 Å². The highest BCUT2D eigenvalue weighted by atomic mass is 35.5. The number of benzene rings is 1. The minimum atomic E-state index is 0.322. The third-order valence-electron chi connectivity index (χ3n) is 1.52. The second-order valence-electron chi connectivity index (χ2n) is 2.31. The predicted octanol–water partition coefficient (Wildman–Crippen LogP) is 2.02. The van der Waals surface area contributed by atoms with Crippen LogP contribution in [-0.4, -0.2) is 12.0 Å². The van der Waals surface area contributed by atoms with Crippen molar-refractivity contribution in [3.8, 4) is 0 Å². The number of halogens is 1. The predicted molar refractivity (Wildman–Crippen MR) is 56.9 cm³/mol. The topological polar surface area (TPSA) is 38.0 Å². The fourth-order valence-electron chi connectivity index (χ4n) is 0.870. The monoisotopic (exact) mass is 200 g/mol. The Bertz CT molecular complexity index is 312. The summed E-state index contributed by atoms with van der Waals surface area (Å²) in [6.07, 6.45) is 0. The molecule has 0 amide bonds. The smallest absolute Gasteiger partial charge is 0.105 e. The van der Waals surface area contributed by atoms with Crippen LogP contribution in [-0.2, 0) is 0 Å². The summed E-state index contributed by atoms with van der Waals surface area (Å²) in [7, 11) is 1.83. The fraction of sp³-hybridized carbons (Fsp3) is 0.125. The van der Waals surface area contributed by atoms with Gasteiger partial charge in [0.05, 0.1) is 5.02 Å². The van der Waals surface area contributed by atoms with Gasteiger partial charge in [-0.3, -0.25) is 0 Å². The van der Waals surface area contributed by atoms with Gasteiger partial charge in [-0.25, -0.2) is 0 Å². The highest BCUT2D eigenvalue weighted by molar-refractivity contribution is 7.80. The molecule has 3 N–H and O–H groups in total. The Kier molecular flexibility index (Phi) is 2.89. The highest BCUT2D eigenvalue weighted by Gasteiger charge is 2.02. The van der Waals surface area contributed by atoms with Crippen LogP contribution < -0.4 is 11.1 Å². The summed E-state index contributed by atoms with van der Waals surface area (Å²) in [4.78, 5) is 0.322. The van der Waals surface area contributed by atoms with E-state index < -0.39 is 0 Å². The highest BCUT2D eigenvalue weighted by Crippen LogP contribution is 2.20. The number of hydrogen-bond acceptors (Lipinski definition) is 2. The summed E-state index contributed by atoms with van der Waals surface area (Å²) in [6, 6.07) is 5.47. The number of hydrogen-bond donors (Lipinski definition) is 2. The SMILES string of the molecule is CNc1ccc(C(N)=S)c(Cl)c1. The molecule has 0 fully saturated rings. The van der Waals surface area contributed by atoms with Gasteiger partial charge in [-0.15, -0.1) is 0 Å². The van der Waals surface area contributed by atoms with Crippen LogP contribution >= 0.6 is 23.8 Å². The van der Waals surface area contributed by atoms with Crippen LogP contribution in [0.2, 0.25) is 5.02 Å². The molecular formula is C8H9ClN2S. The van der Waals surface area contributed by atoms with Crippen LogP contribution in [0.3, 0.4) is 0 Å². The maximum Gasteiger partial charge on any atom is 0.105 e. The third kappa shape index (κ3) is 1.87. The summed E-state index contributed by atoms with van der Waals surface area (Å²) >= 11 is 10.7. The van der Waals surface area contributed by atoms with Crippen molar-refractivity contribution in [1.29, 1.82) is 0 Å². The van der Waals surface area contributed by atoms with E-state index >= 15 is 0 Å². The zero-order valence-electron chi connectivity index (χ0n) is 6.60. The molecule has 0 radical (unpaired) electrons. The number of rotatable bonds is 2. The van der Waals surface area contributed by atoms with E-state index in [9.17, 15) is 0 Å². The van der Waals surface area contributed by atoms with Gasteiger partial charge in [0.2, 0.25) is 0 Å². The van der Waals surface area contributed by atoms with Crippen molar-refractivity contribution in [2.24, 2.45) is 5.73 Å². The maximum absolute atomic E-state index is 5.90. The van der Waals surface area contributed by atoms with Crippen molar-refractivity contribution in [3.63, 3.8) is 0 Å². The van der Waals surface area contributed by atoms with E-state index in [4.69, 9.17) is 29.6 Å². The van der Waals surface area contributed by atoms with Gasteiger partial charge in [-0.05, 0) is 18.2 Å². The zero-order chi connectivity index (χ0) is 9.14. The second kappa shape index (κ2) is 3.74. The lowest BCUT2D eigenvalue weighted by Gasteiger charge is -2.04. The molecule has 1 aromatic rings. The average Bonchev–Trinajstić information content (AvgIpc) is 2.03. The molecule has 12 heavy (non-hydrogen) atoms. The number of thiocarbonyl (C=S) groups is 1. The Balaban J connectivity index is 3.12. The van der Waals surface area contributed by atoms with E-state index in [0.29, 0.717) is 15.6 Å². The molecule has 0 atom stereocenters. The zero-order valence-corrected chi connectivity index (χ0v) is 8.17. The molecule has 2 nitrogen and oxygen atoms in total. The van der Waals surface area contributed by atoms with Crippen LogP contribution in [0.4, 0.5) is 5.69 Å². The van der Waals surface area contributed by atoms with Crippen LogP contribution in [0.25, 0.3) is 0 Å². The van der Waals surface area contributed by atoms with Crippen molar-refractivity contribution in [1.82, 2.24) is 0 Å². The van der Waals surface area contributed by atoms with Crippen molar-refractivity contribution >= 4 is 34.5 Å². The van der Waals surface area contributed by atoms with Gasteiger partial charge in [0.25, 0.3) is 0 Å². The molecule has 1 rings (SSSR count). The average molecular weight is 201 g/mol. The number of nitrogens with two attached hydrogens (primary N) is 1. The first kappa shape index (κ1) is 9.29. The van der Waals surface area contributed by atoms with Crippen LogP contribution in [0, 0.1) is 0 Å². The molecule has 64 valence electrons. The Morgan fingerprint density at radius 2 is 2.25 bits per heavy atom. The lowest BCUT2D eigenvalue weighted by atomic mass is 10.2. The summed E-state index contributed by atoms with van der Waals surface area (Å²) < 4.78 is 0. The molecule has 0 aliphatic heterocycles. The lowest BCUT2D eigenvalue weighted by Crippen LogP contribution is -2.09. The summed E-state index contributed by atoms with van der Waals surface area (Å²) in [5.74, 6) is 0. The minimum absolute atomic E-state index is 0.322. The van der Waals surface area contributed by atoms with Crippen molar-refractivity contribution in [2.45, 2.75) is 0 Å². The van der Waals surface area contributed by atoms with Gasteiger partial charge in [0, 0.05) is 18.3 Å². The quantitative estimate of drug-likeness (QED) is 0.718. The Morgan fingerprint density at radius 1 is 1.58 bits per heavy atom. The summed E-state index contributed by atoms with van der Waals surface area (Å²) in [5.41, 5.74) is 7.09. The normalized spacial score (nSPS) is 9.50. The summed E-state index contributed by atoms with van der Waals surface area (Å²) in [5, 5.41) is 3.54. The number of nitrogens with one attached hydrogen (secondary N) is 1. The van der Waals surface area contributed by atoms with E-state index in [1.807, 2.05) is 13.1 Å². The van der Waals surface area contributed by atoms with Crippen molar-refractivity contribution in [2.75, 3.05) is 12.4 Å². The molecular weight excluding hydrogens is 192 g/mol. The molecule has 1 aromatic carbocycles. The molecule has 0 unspecified atom stereocenters. The Labute approximate surface area is 81.7 Å². The molecule has 0 aliphatic rings. The van der Waals surface area contributed by atoms with Gasteiger partial charge >= 0.3 is 0 Å². The molecule has 0 saturated heterocycles. The van der Waals surface area contributed by atoms with Crippen LogP contribution in [0.5, 0.6) is 0 Å². The molecule has 4 heteroatoms. The van der Waals surface area contributed by atoms with Crippen molar-refractivity contribution < 1.29 is 0 Å². The Morgan fingerprint density at radius 3 is 2.67 bits per heavy atom. The van der Waals surface area contributed by atoms with Gasteiger partial charge in [-0.2, -0.15) is 0 Å². The summed E-state index contributed by atoms with van der Waals surface area (Å²) in [6.45, 7) is 0. The maximum atomic E-state index is 5.90. The van der Waals surface area contributed by atoms with Gasteiger partial charge in [0.15, 0.2) is 0 Å². The largest absolute Gasteiger partial charge is 0.389 e. The third-order valence-corrected chi connectivity index (χ3v) is 2.06. The second-order valence-corrected chi connectivity index (χ2v) is 3.16. The first-order chi connectivity index (χ1) is 5.65. The van der Waals surface area contributed by atoms with E-state index in [1.165, 1.54) is 0 Å². The standard InChI is InChI=1S/C8H9ClN2S/c1-11-5-2-3-6(8(10)12)7(9)4-5/h2-4,11H,1H3,(H2,10,12). The van der Waals surface area contributed by atoms with E-state index in [-0.39, 0.29) is 0 Å². The Hall–Kier alpha value is -0.800. The van der Waals surface area contributed by atoms with Crippen LogP contribution in [0.1, 0.15) is 5.56 Å². The van der Waals surface area contributed by atoms with E-state index in [2.05, 4.69) is 5.32 Å². The fourth-order valence-corrected chi connectivity index (χ4v) is 1.39. The molecule has 0 bridgehead atoms. The molecule has 0 spiro atoms. The molecule has 0 saturated carbocycles.